The van der Waals surface area contributed by atoms with E-state index in [1.807, 2.05) is 30.3 Å². The first-order valence-electron chi connectivity index (χ1n) is 7.76. The molecule has 0 saturated heterocycles. The molecule has 0 aliphatic carbocycles. The van der Waals surface area contributed by atoms with Crippen molar-refractivity contribution in [3.63, 3.8) is 0 Å². The summed E-state index contributed by atoms with van der Waals surface area (Å²) < 4.78 is 0. The summed E-state index contributed by atoms with van der Waals surface area (Å²) in [5.41, 5.74) is 3.93. The molecule has 0 radical (unpaired) electrons. The topological polar surface area (TPSA) is 23.5 Å². The molecule has 2 aromatic carbocycles. The van der Waals surface area contributed by atoms with Gasteiger partial charge in [-0.2, -0.15) is 0 Å². The van der Waals surface area contributed by atoms with E-state index in [1.165, 1.54) is 11.1 Å². The number of aliphatic hydroxyl groups is 1. The first-order chi connectivity index (χ1) is 10.2. The largest absolute Gasteiger partial charge is 0.388 e. The highest BCUT2D eigenvalue weighted by Gasteiger charge is 2.22. The number of hydrogen-bond acceptors (Lipinski definition) is 2. The smallest absolute Gasteiger partial charge is 0.0827 e. The normalized spacial score (nSPS) is 18.0. The Balaban J connectivity index is 1.62. The van der Waals surface area contributed by atoms with Gasteiger partial charge in [-0.3, -0.25) is 4.90 Å². The second-order valence-corrected chi connectivity index (χ2v) is 6.09. The van der Waals surface area contributed by atoms with Crippen molar-refractivity contribution in [1.29, 1.82) is 0 Å². The molecular weight excluding hydrogens is 258 g/mol. The van der Waals surface area contributed by atoms with E-state index in [-0.39, 0.29) is 12.0 Å². The summed E-state index contributed by atoms with van der Waals surface area (Å²) in [5, 5.41) is 10.5. The molecule has 110 valence electrons. The van der Waals surface area contributed by atoms with Crippen LogP contribution in [0.2, 0.25) is 0 Å². The highest BCUT2D eigenvalue weighted by atomic mass is 16.3. The molecule has 2 unspecified atom stereocenters. The molecular formula is C19H23NO. The highest BCUT2D eigenvalue weighted by molar-refractivity contribution is 5.29. The Labute approximate surface area is 127 Å². The van der Waals surface area contributed by atoms with Crippen molar-refractivity contribution in [3.05, 3.63) is 71.3 Å². The fourth-order valence-corrected chi connectivity index (χ4v) is 3.20. The summed E-state index contributed by atoms with van der Waals surface area (Å²) in [6, 6.07) is 18.7. The van der Waals surface area contributed by atoms with Gasteiger partial charge < -0.3 is 5.11 Å². The Morgan fingerprint density at radius 1 is 1.00 bits per heavy atom. The number of hydrogen-bond donors (Lipinski definition) is 1. The minimum Gasteiger partial charge on any atom is -0.388 e. The van der Waals surface area contributed by atoms with Crippen LogP contribution in [0.4, 0.5) is 0 Å². The predicted molar refractivity (Wildman–Crippen MR) is 86.0 cm³/mol. The maximum atomic E-state index is 10.5. The molecule has 1 N–H and O–H groups in total. The van der Waals surface area contributed by atoms with E-state index < -0.39 is 0 Å². The fourth-order valence-electron chi connectivity index (χ4n) is 3.20. The van der Waals surface area contributed by atoms with Gasteiger partial charge in [0.15, 0.2) is 0 Å². The number of benzene rings is 2. The van der Waals surface area contributed by atoms with E-state index in [0.717, 1.165) is 31.6 Å². The lowest BCUT2D eigenvalue weighted by molar-refractivity contribution is 0.0841. The SMILES string of the molecule is CC(CN1CCc2ccccc2C1)C(O)c1ccccc1. The zero-order chi connectivity index (χ0) is 14.7. The average Bonchev–Trinajstić information content (AvgIpc) is 2.55. The molecule has 0 fully saturated rings. The first-order valence-corrected chi connectivity index (χ1v) is 7.76. The van der Waals surface area contributed by atoms with E-state index >= 15 is 0 Å². The highest BCUT2D eigenvalue weighted by Crippen LogP contribution is 2.25. The molecule has 1 aliphatic rings. The molecule has 0 saturated carbocycles. The maximum absolute atomic E-state index is 10.5. The number of rotatable bonds is 4. The van der Waals surface area contributed by atoms with Crippen LogP contribution in [0.5, 0.6) is 0 Å². The Morgan fingerprint density at radius 2 is 1.67 bits per heavy atom. The van der Waals surface area contributed by atoms with Gasteiger partial charge in [0.25, 0.3) is 0 Å². The Hall–Kier alpha value is -1.64. The molecule has 1 heterocycles. The van der Waals surface area contributed by atoms with Crippen molar-refractivity contribution in [2.75, 3.05) is 13.1 Å². The molecule has 0 spiro atoms. The van der Waals surface area contributed by atoms with E-state index in [0.29, 0.717) is 0 Å². The van der Waals surface area contributed by atoms with Gasteiger partial charge in [-0.1, -0.05) is 61.5 Å². The monoisotopic (exact) mass is 281 g/mol. The maximum Gasteiger partial charge on any atom is 0.0827 e. The minimum atomic E-state index is -0.386. The van der Waals surface area contributed by atoms with Crippen LogP contribution in [-0.2, 0) is 13.0 Å². The van der Waals surface area contributed by atoms with Gasteiger partial charge in [-0.05, 0) is 29.0 Å². The van der Waals surface area contributed by atoms with Crippen LogP contribution >= 0.6 is 0 Å². The van der Waals surface area contributed by atoms with Crippen molar-refractivity contribution in [2.24, 2.45) is 5.92 Å². The number of fused-ring (bicyclic) bond motifs is 1. The first kappa shape index (κ1) is 14.3. The van der Waals surface area contributed by atoms with Crippen molar-refractivity contribution < 1.29 is 5.11 Å². The Kier molecular flexibility index (Phi) is 4.37. The van der Waals surface area contributed by atoms with Crippen LogP contribution in [0.3, 0.4) is 0 Å². The van der Waals surface area contributed by atoms with E-state index in [9.17, 15) is 5.11 Å². The molecule has 21 heavy (non-hydrogen) atoms. The van der Waals surface area contributed by atoms with Crippen LogP contribution in [0.15, 0.2) is 54.6 Å². The van der Waals surface area contributed by atoms with Crippen molar-refractivity contribution >= 4 is 0 Å². The molecule has 0 aromatic heterocycles. The van der Waals surface area contributed by atoms with Gasteiger partial charge in [-0.25, -0.2) is 0 Å². The summed E-state index contributed by atoms with van der Waals surface area (Å²) >= 11 is 0. The molecule has 0 bridgehead atoms. The van der Waals surface area contributed by atoms with Crippen LogP contribution in [0.1, 0.15) is 29.7 Å². The van der Waals surface area contributed by atoms with Gasteiger partial charge in [0.05, 0.1) is 6.10 Å². The van der Waals surface area contributed by atoms with Gasteiger partial charge in [0.2, 0.25) is 0 Å². The van der Waals surface area contributed by atoms with Crippen LogP contribution < -0.4 is 0 Å². The van der Waals surface area contributed by atoms with E-state index in [2.05, 4.69) is 36.1 Å². The zero-order valence-corrected chi connectivity index (χ0v) is 12.6. The van der Waals surface area contributed by atoms with Gasteiger partial charge >= 0.3 is 0 Å². The summed E-state index contributed by atoms with van der Waals surface area (Å²) in [6.45, 7) is 5.16. The second kappa shape index (κ2) is 6.42. The summed E-state index contributed by atoms with van der Waals surface area (Å²) in [5.74, 6) is 0.234. The fraction of sp³-hybridized carbons (Fsp3) is 0.368. The molecule has 2 nitrogen and oxygen atoms in total. The number of aliphatic hydroxyl groups excluding tert-OH is 1. The zero-order valence-electron chi connectivity index (χ0n) is 12.6. The third-order valence-electron chi connectivity index (χ3n) is 4.44. The molecule has 2 atom stereocenters. The lowest BCUT2D eigenvalue weighted by Gasteiger charge is -2.32. The third kappa shape index (κ3) is 3.34. The molecule has 2 heteroatoms. The van der Waals surface area contributed by atoms with Crippen LogP contribution in [-0.4, -0.2) is 23.1 Å². The van der Waals surface area contributed by atoms with Crippen molar-refractivity contribution in [3.8, 4) is 0 Å². The predicted octanol–water partition coefficient (Wildman–Crippen LogP) is 3.41. The van der Waals surface area contributed by atoms with E-state index in [4.69, 9.17) is 0 Å². The summed E-state index contributed by atoms with van der Waals surface area (Å²) in [7, 11) is 0. The molecule has 3 rings (SSSR count). The van der Waals surface area contributed by atoms with Gasteiger partial charge in [0.1, 0.15) is 0 Å². The lowest BCUT2D eigenvalue weighted by Crippen LogP contribution is -2.35. The number of nitrogens with zero attached hydrogens (tertiary/aromatic N) is 1. The van der Waals surface area contributed by atoms with E-state index in [1.54, 1.807) is 0 Å². The molecule has 1 aliphatic heterocycles. The summed E-state index contributed by atoms with van der Waals surface area (Å²) in [6.07, 6.45) is 0.730. The molecule has 0 amide bonds. The molecule has 2 aromatic rings. The third-order valence-corrected chi connectivity index (χ3v) is 4.44. The Morgan fingerprint density at radius 3 is 2.43 bits per heavy atom. The minimum absolute atomic E-state index is 0.234. The van der Waals surface area contributed by atoms with Crippen molar-refractivity contribution in [1.82, 2.24) is 4.90 Å². The summed E-state index contributed by atoms with van der Waals surface area (Å²) in [4.78, 5) is 2.46. The Bertz CT molecular complexity index is 581. The average molecular weight is 281 g/mol. The second-order valence-electron chi connectivity index (χ2n) is 6.09. The van der Waals surface area contributed by atoms with Crippen LogP contribution in [0, 0.1) is 5.92 Å². The van der Waals surface area contributed by atoms with Crippen LogP contribution in [0.25, 0.3) is 0 Å². The lowest BCUT2D eigenvalue weighted by atomic mass is 9.94. The van der Waals surface area contributed by atoms with Gasteiger partial charge in [-0.15, -0.1) is 0 Å². The van der Waals surface area contributed by atoms with Crippen molar-refractivity contribution in [2.45, 2.75) is 26.0 Å². The standard InChI is InChI=1S/C19H23NO/c1-15(19(21)17-8-3-2-4-9-17)13-20-12-11-16-7-5-6-10-18(16)14-20/h2-10,15,19,21H,11-14H2,1H3. The quantitative estimate of drug-likeness (QED) is 0.928. The van der Waals surface area contributed by atoms with Gasteiger partial charge in [0, 0.05) is 19.6 Å².